The standard InChI is InChI=1S/C17H38N2/c1-5-8-9-10-11-12-13-14-15-19(4)17(6-2,7-3)16-18/h5-16,18H2,1-4H3. The molecular weight excluding hydrogens is 232 g/mol. The van der Waals surface area contributed by atoms with E-state index < -0.39 is 0 Å². The molecule has 0 fully saturated rings. The highest BCUT2D eigenvalue weighted by Gasteiger charge is 2.28. The van der Waals surface area contributed by atoms with Crippen LogP contribution in [-0.2, 0) is 0 Å². The van der Waals surface area contributed by atoms with Crippen LogP contribution in [0.5, 0.6) is 0 Å². The SMILES string of the molecule is CCCCCCCCCCN(C)C(CC)(CC)CN. The fourth-order valence-electron chi connectivity index (χ4n) is 2.95. The molecule has 0 unspecified atom stereocenters. The van der Waals surface area contributed by atoms with E-state index in [4.69, 9.17) is 5.73 Å². The maximum atomic E-state index is 5.99. The third kappa shape index (κ3) is 7.31. The summed E-state index contributed by atoms with van der Waals surface area (Å²) in [4.78, 5) is 2.50. The van der Waals surface area contributed by atoms with E-state index in [2.05, 4.69) is 32.7 Å². The van der Waals surface area contributed by atoms with Crippen molar-refractivity contribution in [2.75, 3.05) is 20.1 Å². The highest BCUT2D eigenvalue weighted by molar-refractivity contribution is 4.87. The first-order valence-corrected chi connectivity index (χ1v) is 8.58. The molecule has 0 amide bonds. The first-order chi connectivity index (χ1) is 9.16. The normalized spacial score (nSPS) is 12.3. The molecule has 0 atom stereocenters. The first kappa shape index (κ1) is 18.9. The molecule has 0 aliphatic heterocycles. The molecule has 0 saturated carbocycles. The van der Waals surface area contributed by atoms with Crippen molar-refractivity contribution in [3.63, 3.8) is 0 Å². The molecule has 0 aromatic carbocycles. The van der Waals surface area contributed by atoms with Gasteiger partial charge in [0.05, 0.1) is 0 Å². The number of nitrogens with zero attached hydrogens (tertiary/aromatic N) is 1. The molecule has 0 bridgehead atoms. The van der Waals surface area contributed by atoms with Gasteiger partial charge in [-0.15, -0.1) is 0 Å². The van der Waals surface area contributed by atoms with Crippen LogP contribution in [0.15, 0.2) is 0 Å². The van der Waals surface area contributed by atoms with E-state index in [1.807, 2.05) is 0 Å². The topological polar surface area (TPSA) is 29.3 Å². The number of hydrogen-bond acceptors (Lipinski definition) is 2. The Hall–Kier alpha value is -0.0800. The van der Waals surface area contributed by atoms with Crippen molar-refractivity contribution >= 4 is 0 Å². The van der Waals surface area contributed by atoms with Gasteiger partial charge in [-0.3, -0.25) is 4.90 Å². The maximum Gasteiger partial charge on any atom is 0.0323 e. The second kappa shape index (κ2) is 11.7. The Balaban J connectivity index is 3.64. The molecule has 0 heterocycles. The van der Waals surface area contributed by atoms with E-state index in [9.17, 15) is 0 Å². The lowest BCUT2D eigenvalue weighted by Gasteiger charge is -2.40. The summed E-state index contributed by atoms with van der Waals surface area (Å²) >= 11 is 0. The summed E-state index contributed by atoms with van der Waals surface area (Å²) in [5.41, 5.74) is 6.22. The number of unbranched alkanes of at least 4 members (excludes halogenated alkanes) is 7. The maximum absolute atomic E-state index is 5.99. The number of hydrogen-bond donors (Lipinski definition) is 1. The van der Waals surface area contributed by atoms with Gasteiger partial charge < -0.3 is 5.73 Å². The van der Waals surface area contributed by atoms with Crippen LogP contribution >= 0.6 is 0 Å². The minimum absolute atomic E-state index is 0.237. The Labute approximate surface area is 122 Å². The van der Waals surface area contributed by atoms with Crippen molar-refractivity contribution in [1.82, 2.24) is 4.90 Å². The average Bonchev–Trinajstić information content (AvgIpc) is 2.44. The molecule has 116 valence electrons. The van der Waals surface area contributed by atoms with Crippen LogP contribution < -0.4 is 5.73 Å². The van der Waals surface area contributed by atoms with Gasteiger partial charge in [0.15, 0.2) is 0 Å². The second-order valence-electron chi connectivity index (χ2n) is 6.03. The molecule has 0 aliphatic carbocycles. The molecule has 0 rings (SSSR count). The van der Waals surface area contributed by atoms with E-state index in [0.717, 1.165) is 19.4 Å². The van der Waals surface area contributed by atoms with Crippen LogP contribution in [0.3, 0.4) is 0 Å². The quantitative estimate of drug-likeness (QED) is 0.496. The monoisotopic (exact) mass is 270 g/mol. The summed E-state index contributed by atoms with van der Waals surface area (Å²) in [5, 5.41) is 0. The molecule has 2 heteroatoms. The molecule has 0 saturated heterocycles. The van der Waals surface area contributed by atoms with Gasteiger partial charge in [-0.2, -0.15) is 0 Å². The van der Waals surface area contributed by atoms with Gasteiger partial charge >= 0.3 is 0 Å². The van der Waals surface area contributed by atoms with E-state index >= 15 is 0 Å². The average molecular weight is 271 g/mol. The van der Waals surface area contributed by atoms with Gasteiger partial charge in [0.25, 0.3) is 0 Å². The van der Waals surface area contributed by atoms with Crippen LogP contribution in [0, 0.1) is 0 Å². The molecular formula is C17H38N2. The van der Waals surface area contributed by atoms with Crippen molar-refractivity contribution < 1.29 is 0 Å². The van der Waals surface area contributed by atoms with E-state index in [0.29, 0.717) is 0 Å². The predicted molar refractivity (Wildman–Crippen MR) is 87.6 cm³/mol. The zero-order valence-corrected chi connectivity index (χ0v) is 14.0. The van der Waals surface area contributed by atoms with Crippen LogP contribution in [0.2, 0.25) is 0 Å². The lowest BCUT2D eigenvalue weighted by Crippen LogP contribution is -2.51. The highest BCUT2D eigenvalue weighted by Crippen LogP contribution is 2.22. The molecule has 2 nitrogen and oxygen atoms in total. The second-order valence-corrected chi connectivity index (χ2v) is 6.03. The molecule has 19 heavy (non-hydrogen) atoms. The molecule has 0 radical (unpaired) electrons. The summed E-state index contributed by atoms with van der Waals surface area (Å²) in [6, 6.07) is 0. The van der Waals surface area contributed by atoms with Crippen LogP contribution in [0.25, 0.3) is 0 Å². The largest absolute Gasteiger partial charge is 0.329 e. The van der Waals surface area contributed by atoms with Crippen molar-refractivity contribution in [3.8, 4) is 0 Å². The predicted octanol–water partition coefficient (Wildman–Crippen LogP) is 4.58. The van der Waals surface area contributed by atoms with Gasteiger partial charge in [-0.05, 0) is 32.9 Å². The van der Waals surface area contributed by atoms with Crippen molar-refractivity contribution in [3.05, 3.63) is 0 Å². The van der Waals surface area contributed by atoms with Gasteiger partial charge in [0, 0.05) is 12.1 Å². The Morgan fingerprint density at radius 3 is 1.68 bits per heavy atom. The summed E-state index contributed by atoms with van der Waals surface area (Å²) < 4.78 is 0. The fourth-order valence-corrected chi connectivity index (χ4v) is 2.95. The zero-order valence-electron chi connectivity index (χ0n) is 14.0. The Morgan fingerprint density at radius 1 is 0.789 bits per heavy atom. The smallest absolute Gasteiger partial charge is 0.0323 e. The molecule has 0 aromatic rings. The minimum Gasteiger partial charge on any atom is -0.329 e. The van der Waals surface area contributed by atoms with Crippen LogP contribution in [-0.4, -0.2) is 30.6 Å². The number of nitrogens with two attached hydrogens (primary N) is 1. The molecule has 0 aliphatic rings. The molecule has 2 N–H and O–H groups in total. The lowest BCUT2D eigenvalue weighted by atomic mass is 9.91. The molecule has 0 aromatic heterocycles. The lowest BCUT2D eigenvalue weighted by molar-refractivity contribution is 0.113. The Kier molecular flexibility index (Phi) is 11.7. The zero-order chi connectivity index (χ0) is 14.6. The van der Waals surface area contributed by atoms with E-state index in [1.165, 1.54) is 57.9 Å². The van der Waals surface area contributed by atoms with Crippen molar-refractivity contribution in [2.45, 2.75) is 90.5 Å². The summed E-state index contributed by atoms with van der Waals surface area (Å²) in [5.74, 6) is 0. The van der Waals surface area contributed by atoms with Crippen LogP contribution in [0.4, 0.5) is 0 Å². The summed E-state index contributed by atoms with van der Waals surface area (Å²) in [6.45, 7) is 8.80. The van der Waals surface area contributed by atoms with E-state index in [1.54, 1.807) is 0 Å². The Bertz CT molecular complexity index is 179. The summed E-state index contributed by atoms with van der Waals surface area (Å²) in [6.07, 6.45) is 13.5. The van der Waals surface area contributed by atoms with Gasteiger partial charge in [0.2, 0.25) is 0 Å². The Morgan fingerprint density at radius 2 is 1.26 bits per heavy atom. The summed E-state index contributed by atoms with van der Waals surface area (Å²) in [7, 11) is 2.25. The first-order valence-electron chi connectivity index (χ1n) is 8.58. The number of rotatable bonds is 13. The molecule has 0 spiro atoms. The number of likely N-dealkylation sites (N-methyl/N-ethyl adjacent to an activating group) is 1. The van der Waals surface area contributed by atoms with Gasteiger partial charge in [-0.1, -0.05) is 65.7 Å². The third-order valence-electron chi connectivity index (χ3n) is 4.85. The highest BCUT2D eigenvalue weighted by atomic mass is 15.2. The van der Waals surface area contributed by atoms with Gasteiger partial charge in [0.1, 0.15) is 0 Å². The van der Waals surface area contributed by atoms with Crippen molar-refractivity contribution in [1.29, 1.82) is 0 Å². The minimum atomic E-state index is 0.237. The van der Waals surface area contributed by atoms with E-state index in [-0.39, 0.29) is 5.54 Å². The fraction of sp³-hybridized carbons (Fsp3) is 1.00. The van der Waals surface area contributed by atoms with Gasteiger partial charge in [-0.25, -0.2) is 0 Å². The van der Waals surface area contributed by atoms with Crippen molar-refractivity contribution in [2.24, 2.45) is 5.73 Å². The third-order valence-corrected chi connectivity index (χ3v) is 4.85. The van der Waals surface area contributed by atoms with Crippen LogP contribution in [0.1, 0.15) is 85.0 Å².